The zero-order valence-electron chi connectivity index (χ0n) is 16.9. The average molecular weight is 460 g/mol. The molecular formula is C19H22F6O6. The first-order valence-electron chi connectivity index (χ1n) is 9.85. The van der Waals surface area contributed by atoms with Crippen molar-refractivity contribution in [2.45, 2.75) is 70.7 Å². The van der Waals surface area contributed by atoms with Gasteiger partial charge in [0.15, 0.2) is 5.41 Å². The van der Waals surface area contributed by atoms with E-state index in [4.69, 9.17) is 9.47 Å². The predicted molar refractivity (Wildman–Crippen MR) is 89.0 cm³/mol. The van der Waals surface area contributed by atoms with Crippen molar-refractivity contribution in [3.05, 3.63) is 0 Å². The minimum Gasteiger partial charge on any atom is -0.458 e. The highest BCUT2D eigenvalue weighted by molar-refractivity contribution is 6.03. The summed E-state index contributed by atoms with van der Waals surface area (Å²) < 4.78 is 91.1. The topological polar surface area (TPSA) is 78.9 Å². The van der Waals surface area contributed by atoms with Crippen LogP contribution >= 0.6 is 0 Å². The molecule has 2 aliphatic carbocycles. The Balaban J connectivity index is 1.76. The summed E-state index contributed by atoms with van der Waals surface area (Å²) in [5.74, 6) is -5.57. The summed E-state index contributed by atoms with van der Waals surface area (Å²) in [6.45, 7) is 5.48. The van der Waals surface area contributed by atoms with Gasteiger partial charge in [0.2, 0.25) is 0 Å². The second-order valence-electron chi connectivity index (χ2n) is 8.95. The van der Waals surface area contributed by atoms with Gasteiger partial charge in [0, 0.05) is 11.8 Å². The van der Waals surface area contributed by atoms with E-state index in [1.807, 2.05) is 13.8 Å². The molecule has 31 heavy (non-hydrogen) atoms. The number of esters is 3. The summed E-state index contributed by atoms with van der Waals surface area (Å²) in [6, 6.07) is 0. The van der Waals surface area contributed by atoms with E-state index in [0.29, 0.717) is 6.42 Å². The molecule has 12 heteroatoms. The van der Waals surface area contributed by atoms with Gasteiger partial charge < -0.3 is 14.2 Å². The van der Waals surface area contributed by atoms with E-state index in [9.17, 15) is 40.7 Å². The van der Waals surface area contributed by atoms with Gasteiger partial charge in [0.25, 0.3) is 6.10 Å². The van der Waals surface area contributed by atoms with E-state index < -0.39 is 78.2 Å². The zero-order valence-corrected chi connectivity index (χ0v) is 16.9. The quantitative estimate of drug-likeness (QED) is 0.261. The number of carbonyl (C=O) groups is 3. The maximum atomic E-state index is 12.8. The lowest BCUT2D eigenvalue weighted by atomic mass is 9.73. The van der Waals surface area contributed by atoms with Crippen LogP contribution in [-0.4, -0.2) is 48.6 Å². The summed E-state index contributed by atoms with van der Waals surface area (Å²) in [4.78, 5) is 37.2. The number of hydrogen-bond acceptors (Lipinski definition) is 6. The summed E-state index contributed by atoms with van der Waals surface area (Å²) in [7, 11) is 0. The summed E-state index contributed by atoms with van der Waals surface area (Å²) >= 11 is 0. The van der Waals surface area contributed by atoms with Gasteiger partial charge in [0.05, 0.1) is 5.92 Å². The van der Waals surface area contributed by atoms with Gasteiger partial charge in [-0.2, -0.15) is 26.3 Å². The maximum absolute atomic E-state index is 12.8. The summed E-state index contributed by atoms with van der Waals surface area (Å²) in [5.41, 5.74) is -2.25. The van der Waals surface area contributed by atoms with E-state index in [1.165, 1.54) is 0 Å². The molecule has 0 spiro atoms. The van der Waals surface area contributed by atoms with Crippen molar-refractivity contribution >= 4 is 17.9 Å². The van der Waals surface area contributed by atoms with Crippen LogP contribution in [0.5, 0.6) is 0 Å². The van der Waals surface area contributed by atoms with Crippen LogP contribution in [0, 0.1) is 29.1 Å². The molecule has 1 saturated heterocycles. The molecule has 0 aromatic carbocycles. The average Bonchev–Trinajstić information content (AvgIpc) is 3.19. The SMILES string of the molecule is CC(C)CC(C)C(=O)OC1C2CC3C1OC(=O)C3(C(=O)OC(C(F)(F)F)C(F)(F)F)C2. The number of ether oxygens (including phenoxy) is 3. The van der Waals surface area contributed by atoms with Crippen LogP contribution in [0.3, 0.4) is 0 Å². The molecule has 1 aliphatic heterocycles. The summed E-state index contributed by atoms with van der Waals surface area (Å²) in [6.07, 6.45) is -17.9. The van der Waals surface area contributed by atoms with Gasteiger partial charge in [-0.1, -0.05) is 20.8 Å². The van der Waals surface area contributed by atoms with Crippen LogP contribution in [0.4, 0.5) is 26.3 Å². The van der Waals surface area contributed by atoms with Crippen LogP contribution in [0.1, 0.15) is 40.0 Å². The number of fused-ring (bicyclic) bond motifs is 1. The number of rotatable bonds is 6. The van der Waals surface area contributed by atoms with Crippen LogP contribution < -0.4 is 0 Å². The largest absolute Gasteiger partial charge is 0.458 e. The molecule has 0 N–H and O–H groups in total. The standard InChI is InChI=1S/C19H22F6O6/c1-7(2)4-8(3)13(26)29-11-9-5-10-12(11)30-15(27)17(10,6-9)16(28)31-14(18(20,21)22)19(23,24)25/h7-12,14H,4-6H2,1-3H3. The van der Waals surface area contributed by atoms with Gasteiger partial charge in [-0.3, -0.25) is 14.4 Å². The number of alkyl halides is 6. The second kappa shape index (κ2) is 7.54. The highest BCUT2D eigenvalue weighted by Gasteiger charge is 2.76. The Morgan fingerprint density at radius 3 is 2.23 bits per heavy atom. The molecule has 6 nitrogen and oxygen atoms in total. The maximum Gasteiger partial charge on any atom is 0.434 e. The van der Waals surface area contributed by atoms with Crippen molar-refractivity contribution in [1.82, 2.24) is 0 Å². The second-order valence-corrected chi connectivity index (χ2v) is 8.95. The first-order valence-corrected chi connectivity index (χ1v) is 9.85. The monoisotopic (exact) mass is 460 g/mol. The molecule has 6 unspecified atom stereocenters. The van der Waals surface area contributed by atoms with Crippen molar-refractivity contribution in [1.29, 1.82) is 0 Å². The van der Waals surface area contributed by atoms with Crippen LogP contribution in [0.25, 0.3) is 0 Å². The normalized spacial score (nSPS) is 33.1. The van der Waals surface area contributed by atoms with E-state index >= 15 is 0 Å². The van der Waals surface area contributed by atoms with Crippen LogP contribution in [0.2, 0.25) is 0 Å². The fourth-order valence-corrected chi connectivity index (χ4v) is 5.02. The third kappa shape index (κ3) is 3.97. The molecule has 0 aromatic heterocycles. The van der Waals surface area contributed by atoms with E-state index in [1.54, 1.807) is 6.92 Å². The molecule has 2 bridgehead atoms. The van der Waals surface area contributed by atoms with E-state index in [-0.39, 0.29) is 12.3 Å². The highest BCUT2D eigenvalue weighted by atomic mass is 19.4. The first-order chi connectivity index (χ1) is 14.1. The van der Waals surface area contributed by atoms with Crippen molar-refractivity contribution in [2.24, 2.45) is 29.1 Å². The van der Waals surface area contributed by atoms with Crippen molar-refractivity contribution < 1.29 is 54.9 Å². The third-order valence-corrected chi connectivity index (χ3v) is 6.23. The Kier molecular flexibility index (Phi) is 5.75. The fourth-order valence-electron chi connectivity index (χ4n) is 5.02. The molecule has 3 rings (SSSR count). The van der Waals surface area contributed by atoms with Crippen molar-refractivity contribution in [3.8, 4) is 0 Å². The predicted octanol–water partition coefficient (Wildman–Crippen LogP) is 3.57. The molecule has 3 fully saturated rings. The van der Waals surface area contributed by atoms with Gasteiger partial charge in [-0.15, -0.1) is 0 Å². The number of halogens is 6. The Morgan fingerprint density at radius 2 is 1.71 bits per heavy atom. The lowest BCUT2D eigenvalue weighted by Crippen LogP contribution is -2.51. The third-order valence-electron chi connectivity index (χ3n) is 6.23. The van der Waals surface area contributed by atoms with E-state index in [0.717, 1.165) is 0 Å². The van der Waals surface area contributed by atoms with E-state index in [2.05, 4.69) is 4.74 Å². The molecule has 176 valence electrons. The Hall–Kier alpha value is -2.01. The van der Waals surface area contributed by atoms with Gasteiger partial charge in [-0.25, -0.2) is 0 Å². The Morgan fingerprint density at radius 1 is 1.13 bits per heavy atom. The van der Waals surface area contributed by atoms with Gasteiger partial charge in [0.1, 0.15) is 12.2 Å². The smallest absolute Gasteiger partial charge is 0.434 e. The van der Waals surface area contributed by atoms with Gasteiger partial charge in [-0.05, 0) is 25.2 Å². The lowest BCUT2D eigenvalue weighted by molar-refractivity contribution is -0.315. The highest BCUT2D eigenvalue weighted by Crippen LogP contribution is 2.63. The molecule has 1 heterocycles. The van der Waals surface area contributed by atoms with Crippen LogP contribution in [0.15, 0.2) is 0 Å². The first kappa shape index (κ1) is 23.6. The molecule has 3 aliphatic rings. The van der Waals surface area contributed by atoms with Gasteiger partial charge >= 0.3 is 30.3 Å². The van der Waals surface area contributed by atoms with Crippen molar-refractivity contribution in [3.63, 3.8) is 0 Å². The fraction of sp³-hybridized carbons (Fsp3) is 0.842. The molecule has 0 radical (unpaired) electrons. The lowest BCUT2D eigenvalue weighted by Gasteiger charge is -2.32. The van der Waals surface area contributed by atoms with Crippen molar-refractivity contribution in [2.75, 3.05) is 0 Å². The molecule has 0 aromatic rings. The molecular weight excluding hydrogens is 438 g/mol. The molecule has 6 atom stereocenters. The number of carbonyl (C=O) groups excluding carboxylic acids is 3. The minimum atomic E-state index is -5.89. The van der Waals surface area contributed by atoms with Crippen LogP contribution in [-0.2, 0) is 28.6 Å². The minimum absolute atomic E-state index is 0.0880. The molecule has 0 amide bonds. The molecule has 2 saturated carbocycles. The Bertz CT molecular complexity index is 748. The number of hydrogen-bond donors (Lipinski definition) is 0. The zero-order chi connectivity index (χ0) is 23.5. The Labute approximate surface area is 173 Å². The summed E-state index contributed by atoms with van der Waals surface area (Å²) in [5, 5.41) is 0.